The molecule has 138 valence electrons. The van der Waals surface area contributed by atoms with Crippen LogP contribution in [0.3, 0.4) is 0 Å². The summed E-state index contributed by atoms with van der Waals surface area (Å²) in [6, 6.07) is 9.27. The van der Waals surface area contributed by atoms with Gasteiger partial charge in [0.2, 0.25) is 0 Å². The third-order valence-corrected chi connectivity index (χ3v) is 3.80. The molecule has 0 aliphatic heterocycles. The van der Waals surface area contributed by atoms with Crippen molar-refractivity contribution in [1.29, 1.82) is 0 Å². The minimum Gasteiger partial charge on any atom is -0.493 e. The maximum absolute atomic E-state index is 12.1. The molecule has 26 heavy (non-hydrogen) atoms. The molecule has 0 aromatic heterocycles. The first-order chi connectivity index (χ1) is 12.4. The van der Waals surface area contributed by atoms with Gasteiger partial charge in [-0.2, -0.15) is 0 Å². The lowest BCUT2D eigenvalue weighted by Crippen LogP contribution is -2.21. The fourth-order valence-electron chi connectivity index (χ4n) is 2.06. The van der Waals surface area contributed by atoms with Crippen molar-refractivity contribution in [3.05, 3.63) is 52.0 Å². The standard InChI is InChI=1S/C18H17Cl2NO5/c1-3-25-15-7-4-11(8-16(15)24-2)18(23)26-10-17(22)21-14-9-12(19)5-6-13(14)20/h4-9H,3,10H2,1-2H3,(H,21,22). The molecule has 0 aliphatic rings. The van der Waals surface area contributed by atoms with E-state index >= 15 is 0 Å². The first-order valence-electron chi connectivity index (χ1n) is 7.67. The first kappa shape index (κ1) is 19.9. The van der Waals surface area contributed by atoms with Gasteiger partial charge in [0.1, 0.15) is 0 Å². The van der Waals surface area contributed by atoms with Crippen molar-refractivity contribution in [3.63, 3.8) is 0 Å². The summed E-state index contributed by atoms with van der Waals surface area (Å²) in [6.07, 6.45) is 0. The summed E-state index contributed by atoms with van der Waals surface area (Å²) in [4.78, 5) is 24.1. The number of methoxy groups -OCH3 is 1. The molecule has 2 rings (SSSR count). The van der Waals surface area contributed by atoms with Crippen LogP contribution in [0.2, 0.25) is 10.0 Å². The van der Waals surface area contributed by atoms with E-state index in [1.807, 2.05) is 6.92 Å². The van der Waals surface area contributed by atoms with E-state index in [1.165, 1.54) is 25.3 Å². The lowest BCUT2D eigenvalue weighted by Gasteiger charge is -2.11. The molecule has 0 radical (unpaired) electrons. The van der Waals surface area contributed by atoms with E-state index in [0.29, 0.717) is 33.8 Å². The van der Waals surface area contributed by atoms with Crippen molar-refractivity contribution in [1.82, 2.24) is 0 Å². The van der Waals surface area contributed by atoms with Gasteiger partial charge in [-0.3, -0.25) is 4.79 Å². The normalized spacial score (nSPS) is 10.2. The summed E-state index contributed by atoms with van der Waals surface area (Å²) in [5.74, 6) is -0.296. The highest BCUT2D eigenvalue weighted by molar-refractivity contribution is 6.35. The average molecular weight is 398 g/mol. The number of benzene rings is 2. The summed E-state index contributed by atoms with van der Waals surface area (Å²) in [7, 11) is 1.47. The van der Waals surface area contributed by atoms with Gasteiger partial charge >= 0.3 is 5.97 Å². The quantitative estimate of drug-likeness (QED) is 0.708. The molecular weight excluding hydrogens is 381 g/mol. The summed E-state index contributed by atoms with van der Waals surface area (Å²) in [6.45, 7) is 1.83. The zero-order chi connectivity index (χ0) is 19.1. The van der Waals surface area contributed by atoms with Crippen LogP contribution in [-0.2, 0) is 9.53 Å². The van der Waals surface area contributed by atoms with Crippen molar-refractivity contribution in [2.24, 2.45) is 0 Å². The minimum atomic E-state index is -0.668. The van der Waals surface area contributed by atoms with Gasteiger partial charge in [0.15, 0.2) is 18.1 Å². The van der Waals surface area contributed by atoms with Gasteiger partial charge in [0.25, 0.3) is 5.91 Å². The fourth-order valence-corrected chi connectivity index (χ4v) is 2.40. The van der Waals surface area contributed by atoms with E-state index in [1.54, 1.807) is 18.2 Å². The summed E-state index contributed by atoms with van der Waals surface area (Å²) < 4.78 is 15.6. The van der Waals surface area contributed by atoms with E-state index in [9.17, 15) is 9.59 Å². The van der Waals surface area contributed by atoms with E-state index < -0.39 is 18.5 Å². The third kappa shape index (κ3) is 5.28. The predicted molar refractivity (Wildman–Crippen MR) is 99.5 cm³/mol. The molecule has 0 atom stereocenters. The third-order valence-electron chi connectivity index (χ3n) is 3.24. The Hall–Kier alpha value is -2.44. The Bertz CT molecular complexity index is 810. The van der Waals surface area contributed by atoms with Crippen LogP contribution in [0.1, 0.15) is 17.3 Å². The lowest BCUT2D eigenvalue weighted by molar-refractivity contribution is -0.119. The van der Waals surface area contributed by atoms with Crippen LogP contribution in [0.5, 0.6) is 11.5 Å². The SMILES string of the molecule is CCOc1ccc(C(=O)OCC(=O)Nc2cc(Cl)ccc2Cl)cc1OC. The average Bonchev–Trinajstić information content (AvgIpc) is 2.63. The molecule has 0 heterocycles. The van der Waals surface area contributed by atoms with Gasteiger partial charge in [-0.1, -0.05) is 23.2 Å². The molecule has 0 spiro atoms. The lowest BCUT2D eigenvalue weighted by atomic mass is 10.2. The molecule has 8 heteroatoms. The predicted octanol–water partition coefficient (Wildman–Crippen LogP) is 4.20. The first-order valence-corrected chi connectivity index (χ1v) is 8.43. The monoisotopic (exact) mass is 397 g/mol. The number of halogens is 2. The van der Waals surface area contributed by atoms with E-state index in [-0.39, 0.29) is 5.56 Å². The fraction of sp³-hybridized carbons (Fsp3) is 0.222. The Balaban J connectivity index is 1.97. The number of hydrogen-bond acceptors (Lipinski definition) is 5. The number of nitrogens with one attached hydrogen (secondary N) is 1. The second kappa shape index (κ2) is 9.31. The molecule has 2 aromatic carbocycles. The van der Waals surface area contributed by atoms with Gasteiger partial charge < -0.3 is 19.5 Å². The molecule has 0 aliphatic carbocycles. The maximum Gasteiger partial charge on any atom is 0.338 e. The number of ether oxygens (including phenoxy) is 3. The van der Waals surface area contributed by atoms with Crippen molar-refractivity contribution >= 4 is 40.8 Å². The smallest absolute Gasteiger partial charge is 0.338 e. The number of carbonyl (C=O) groups excluding carboxylic acids is 2. The molecule has 1 N–H and O–H groups in total. The van der Waals surface area contributed by atoms with Crippen LogP contribution >= 0.6 is 23.2 Å². The number of carbonyl (C=O) groups is 2. The van der Waals surface area contributed by atoms with Gasteiger partial charge in [-0.05, 0) is 43.3 Å². The number of amides is 1. The Morgan fingerprint density at radius 3 is 2.54 bits per heavy atom. The van der Waals surface area contributed by atoms with Gasteiger partial charge in [-0.15, -0.1) is 0 Å². The van der Waals surface area contributed by atoms with E-state index in [4.69, 9.17) is 37.4 Å². The number of esters is 1. The van der Waals surface area contributed by atoms with E-state index in [2.05, 4.69) is 5.32 Å². The largest absolute Gasteiger partial charge is 0.493 e. The molecule has 1 amide bonds. The second-order valence-corrected chi connectivity index (χ2v) is 5.89. The van der Waals surface area contributed by atoms with Gasteiger partial charge in [0, 0.05) is 5.02 Å². The second-order valence-electron chi connectivity index (χ2n) is 5.05. The number of anilines is 1. The Morgan fingerprint density at radius 2 is 1.85 bits per heavy atom. The van der Waals surface area contributed by atoms with E-state index in [0.717, 1.165) is 0 Å². The molecule has 2 aromatic rings. The maximum atomic E-state index is 12.1. The van der Waals surface area contributed by atoms with Crippen LogP contribution < -0.4 is 14.8 Å². The summed E-state index contributed by atoms with van der Waals surface area (Å²) >= 11 is 11.8. The number of rotatable bonds is 7. The highest BCUT2D eigenvalue weighted by Crippen LogP contribution is 2.28. The molecule has 0 bridgehead atoms. The Morgan fingerprint density at radius 1 is 1.08 bits per heavy atom. The van der Waals surface area contributed by atoms with Crippen molar-refractivity contribution in [2.75, 3.05) is 25.6 Å². The summed E-state index contributed by atoms with van der Waals surface area (Å²) in [5, 5.41) is 3.27. The molecule has 6 nitrogen and oxygen atoms in total. The van der Waals surface area contributed by atoms with Crippen LogP contribution in [0.15, 0.2) is 36.4 Å². The zero-order valence-electron chi connectivity index (χ0n) is 14.2. The molecule has 0 saturated heterocycles. The van der Waals surface area contributed by atoms with Gasteiger partial charge in [-0.25, -0.2) is 4.79 Å². The van der Waals surface area contributed by atoms with Crippen LogP contribution in [0.25, 0.3) is 0 Å². The van der Waals surface area contributed by atoms with Gasteiger partial charge in [0.05, 0.1) is 30.0 Å². The van der Waals surface area contributed by atoms with Crippen LogP contribution in [0, 0.1) is 0 Å². The van der Waals surface area contributed by atoms with Crippen molar-refractivity contribution in [2.45, 2.75) is 6.92 Å². The van der Waals surface area contributed by atoms with Crippen molar-refractivity contribution in [3.8, 4) is 11.5 Å². The van der Waals surface area contributed by atoms with Crippen LogP contribution in [0.4, 0.5) is 5.69 Å². The Kier molecular flexibility index (Phi) is 7.12. The highest BCUT2D eigenvalue weighted by Gasteiger charge is 2.14. The number of hydrogen-bond donors (Lipinski definition) is 1. The van der Waals surface area contributed by atoms with Crippen molar-refractivity contribution < 1.29 is 23.8 Å². The molecule has 0 unspecified atom stereocenters. The topological polar surface area (TPSA) is 73.9 Å². The summed E-state index contributed by atoms with van der Waals surface area (Å²) in [5.41, 5.74) is 0.571. The van der Waals surface area contributed by atoms with Crippen LogP contribution in [-0.4, -0.2) is 32.2 Å². The highest BCUT2D eigenvalue weighted by atomic mass is 35.5. The zero-order valence-corrected chi connectivity index (χ0v) is 15.7. The Labute approximate surface area is 160 Å². The molecule has 0 saturated carbocycles. The molecule has 0 fully saturated rings. The molecular formula is C18H17Cl2NO5. The minimum absolute atomic E-state index is 0.235.